The molecule has 3 rings (SSSR count). The molecule has 110 valence electrons. The minimum Gasteiger partial charge on any atom is -0.279 e. The van der Waals surface area contributed by atoms with Crippen molar-refractivity contribution in [2.75, 3.05) is 6.54 Å². The molecule has 20 heavy (non-hydrogen) atoms. The number of hydrogen-bond acceptors (Lipinski definition) is 4. The Kier molecular flexibility index (Phi) is 3.79. The average molecular weight is 334 g/mol. The first-order valence-corrected chi connectivity index (χ1v) is 9.38. The van der Waals surface area contributed by atoms with Crippen molar-refractivity contribution >= 4 is 37.9 Å². The number of sulfonamides is 1. The van der Waals surface area contributed by atoms with E-state index in [0.717, 1.165) is 25.7 Å². The van der Waals surface area contributed by atoms with Gasteiger partial charge >= 0.3 is 0 Å². The van der Waals surface area contributed by atoms with Gasteiger partial charge in [0.2, 0.25) is 0 Å². The molecule has 0 spiro atoms. The summed E-state index contributed by atoms with van der Waals surface area (Å²) >= 11 is 7.44. The molecule has 1 saturated carbocycles. The molecule has 0 bridgehead atoms. The van der Waals surface area contributed by atoms with Gasteiger partial charge in [-0.05, 0) is 19.3 Å². The van der Waals surface area contributed by atoms with Crippen LogP contribution in [0.15, 0.2) is 16.6 Å². The molecule has 2 aromatic heterocycles. The number of nitrogens with zero attached hydrogens (tertiary/aromatic N) is 3. The maximum Gasteiger partial charge on any atom is 0.262 e. The number of unbranched alkanes of at least 4 members (excludes halogenated alkanes) is 1. The molecule has 5 nitrogen and oxygen atoms in total. The molecule has 0 unspecified atom stereocenters. The van der Waals surface area contributed by atoms with Crippen molar-refractivity contribution in [3.05, 3.63) is 16.7 Å². The molecule has 2 aromatic rings. The Morgan fingerprint density at radius 2 is 2.30 bits per heavy atom. The lowest BCUT2D eigenvalue weighted by molar-refractivity contribution is 0.393. The molecule has 0 aromatic carbocycles. The van der Waals surface area contributed by atoms with Crippen LogP contribution in [0, 0.1) is 0 Å². The zero-order valence-electron chi connectivity index (χ0n) is 11.1. The predicted molar refractivity (Wildman–Crippen MR) is 79.9 cm³/mol. The number of thiazole rings is 1. The normalized spacial score (nSPS) is 16.4. The SMILES string of the molecule is CCCCN(C1CC1)S(=O)(=O)c1c(Cl)nc2sccn12. The summed E-state index contributed by atoms with van der Waals surface area (Å²) in [6.45, 7) is 2.61. The van der Waals surface area contributed by atoms with Crippen molar-refractivity contribution in [3.8, 4) is 0 Å². The van der Waals surface area contributed by atoms with Gasteiger partial charge in [0.15, 0.2) is 15.1 Å². The van der Waals surface area contributed by atoms with Gasteiger partial charge in [0, 0.05) is 24.2 Å². The topological polar surface area (TPSA) is 54.7 Å². The second kappa shape index (κ2) is 5.29. The summed E-state index contributed by atoms with van der Waals surface area (Å²) < 4.78 is 29.0. The third-order valence-corrected chi connectivity index (χ3v) is 6.53. The summed E-state index contributed by atoms with van der Waals surface area (Å²) in [6, 6.07) is 0.131. The molecule has 1 aliphatic carbocycles. The smallest absolute Gasteiger partial charge is 0.262 e. The Morgan fingerprint density at radius 3 is 2.95 bits per heavy atom. The first-order valence-electron chi connectivity index (χ1n) is 6.68. The summed E-state index contributed by atoms with van der Waals surface area (Å²) in [5.74, 6) is 0. The number of imidazole rings is 1. The Labute approximate surface area is 127 Å². The third kappa shape index (κ3) is 2.36. The first kappa shape index (κ1) is 14.3. The van der Waals surface area contributed by atoms with E-state index in [-0.39, 0.29) is 16.2 Å². The Hall–Kier alpha value is -0.630. The fourth-order valence-electron chi connectivity index (χ4n) is 2.26. The van der Waals surface area contributed by atoms with Crippen LogP contribution < -0.4 is 0 Å². The third-order valence-electron chi connectivity index (χ3n) is 3.42. The van der Waals surface area contributed by atoms with E-state index in [0.29, 0.717) is 11.5 Å². The van der Waals surface area contributed by atoms with Crippen LogP contribution >= 0.6 is 22.9 Å². The second-order valence-electron chi connectivity index (χ2n) is 4.96. The maximum atomic E-state index is 12.9. The molecule has 1 aliphatic rings. The van der Waals surface area contributed by atoms with Gasteiger partial charge in [0.05, 0.1) is 0 Å². The molecule has 0 aliphatic heterocycles. The van der Waals surface area contributed by atoms with Crippen LogP contribution in [0.3, 0.4) is 0 Å². The summed E-state index contributed by atoms with van der Waals surface area (Å²) in [7, 11) is -3.59. The fourth-order valence-corrected chi connectivity index (χ4v) is 5.39. The molecule has 0 amide bonds. The van der Waals surface area contributed by atoms with E-state index in [4.69, 9.17) is 11.6 Å². The minimum atomic E-state index is -3.59. The van der Waals surface area contributed by atoms with Gasteiger partial charge in [-0.25, -0.2) is 13.4 Å². The average Bonchev–Trinajstić information content (AvgIpc) is 3.02. The number of rotatable bonds is 6. The molecule has 0 radical (unpaired) electrons. The highest BCUT2D eigenvalue weighted by molar-refractivity contribution is 7.89. The largest absolute Gasteiger partial charge is 0.279 e. The van der Waals surface area contributed by atoms with Crippen molar-refractivity contribution in [2.24, 2.45) is 0 Å². The zero-order valence-corrected chi connectivity index (χ0v) is 13.5. The van der Waals surface area contributed by atoms with Crippen LogP contribution in [-0.2, 0) is 10.0 Å². The molecule has 0 atom stereocenters. The Balaban J connectivity index is 2.05. The number of fused-ring (bicyclic) bond motifs is 1. The number of aromatic nitrogens is 2. The van der Waals surface area contributed by atoms with Gasteiger partial charge in [0.1, 0.15) is 0 Å². The van der Waals surface area contributed by atoms with Crippen molar-refractivity contribution in [3.63, 3.8) is 0 Å². The van der Waals surface area contributed by atoms with E-state index in [1.807, 2.05) is 5.38 Å². The molecular formula is C12H16ClN3O2S2. The van der Waals surface area contributed by atoms with Crippen LogP contribution in [0.1, 0.15) is 32.6 Å². The lowest BCUT2D eigenvalue weighted by atomic mass is 10.3. The highest BCUT2D eigenvalue weighted by atomic mass is 35.5. The summed E-state index contributed by atoms with van der Waals surface area (Å²) in [5.41, 5.74) is 0. The Morgan fingerprint density at radius 1 is 1.55 bits per heavy atom. The zero-order chi connectivity index (χ0) is 14.3. The summed E-state index contributed by atoms with van der Waals surface area (Å²) in [6.07, 6.45) is 5.40. The second-order valence-corrected chi connectivity index (χ2v) is 8.00. The minimum absolute atomic E-state index is 0.0685. The van der Waals surface area contributed by atoms with E-state index >= 15 is 0 Å². The van der Waals surface area contributed by atoms with Crippen LogP contribution in [0.2, 0.25) is 5.15 Å². The van der Waals surface area contributed by atoms with Gasteiger partial charge in [0.25, 0.3) is 10.0 Å². The van der Waals surface area contributed by atoms with Crippen LogP contribution in [0.4, 0.5) is 0 Å². The van der Waals surface area contributed by atoms with Gasteiger partial charge in [-0.15, -0.1) is 11.3 Å². The highest BCUT2D eigenvalue weighted by Gasteiger charge is 2.40. The van der Waals surface area contributed by atoms with Crippen molar-refractivity contribution < 1.29 is 8.42 Å². The van der Waals surface area contributed by atoms with E-state index in [1.165, 1.54) is 11.3 Å². The predicted octanol–water partition coefficient (Wildman–Crippen LogP) is 3.00. The van der Waals surface area contributed by atoms with Gasteiger partial charge in [-0.1, -0.05) is 24.9 Å². The highest BCUT2D eigenvalue weighted by Crippen LogP contribution is 2.35. The van der Waals surface area contributed by atoms with Crippen LogP contribution in [0.5, 0.6) is 0 Å². The van der Waals surface area contributed by atoms with Crippen molar-refractivity contribution in [2.45, 2.75) is 43.7 Å². The summed E-state index contributed by atoms with van der Waals surface area (Å²) in [5, 5.41) is 1.99. The van der Waals surface area contributed by atoms with Gasteiger partial charge < -0.3 is 0 Å². The Bertz CT molecular complexity index is 718. The van der Waals surface area contributed by atoms with E-state index in [9.17, 15) is 8.42 Å². The monoisotopic (exact) mass is 333 g/mol. The van der Waals surface area contributed by atoms with Crippen LogP contribution in [0.25, 0.3) is 4.96 Å². The quantitative estimate of drug-likeness (QED) is 0.816. The van der Waals surface area contributed by atoms with Crippen molar-refractivity contribution in [1.29, 1.82) is 0 Å². The molecular weight excluding hydrogens is 318 g/mol. The van der Waals surface area contributed by atoms with Crippen molar-refractivity contribution in [1.82, 2.24) is 13.7 Å². The molecule has 0 N–H and O–H groups in total. The molecule has 2 heterocycles. The lowest BCUT2D eigenvalue weighted by Gasteiger charge is -2.21. The molecule has 0 saturated heterocycles. The fraction of sp³-hybridized carbons (Fsp3) is 0.583. The maximum absolute atomic E-state index is 12.9. The summed E-state index contributed by atoms with van der Waals surface area (Å²) in [4.78, 5) is 4.73. The van der Waals surface area contributed by atoms with E-state index in [1.54, 1.807) is 14.9 Å². The standard InChI is InChI=1S/C12H16ClN3O2S2/c1-2-3-6-16(9-4-5-9)20(17,18)11-10(13)14-12-15(11)7-8-19-12/h7-9H,2-6H2,1H3. The van der Waals surface area contributed by atoms with Gasteiger partial charge in [-0.3, -0.25) is 4.40 Å². The van der Waals surface area contributed by atoms with Crippen LogP contribution in [-0.4, -0.2) is 34.7 Å². The molecule has 8 heteroatoms. The number of hydrogen-bond donors (Lipinski definition) is 0. The molecule has 1 fully saturated rings. The number of halogens is 1. The lowest BCUT2D eigenvalue weighted by Crippen LogP contribution is -2.34. The van der Waals surface area contributed by atoms with E-state index < -0.39 is 10.0 Å². The van der Waals surface area contributed by atoms with Gasteiger partial charge in [-0.2, -0.15) is 4.31 Å². The first-order chi connectivity index (χ1) is 9.55. The van der Waals surface area contributed by atoms with E-state index in [2.05, 4.69) is 11.9 Å².